The number of aryl methyl sites for hydroxylation is 1. The number of likely N-dealkylation sites (N-methyl/N-ethyl adjacent to an activating group) is 2. The van der Waals surface area contributed by atoms with Crippen molar-refractivity contribution >= 4 is 0 Å². The van der Waals surface area contributed by atoms with E-state index in [1.807, 2.05) is 0 Å². The average molecular weight is 274 g/mol. The van der Waals surface area contributed by atoms with Gasteiger partial charge in [-0.3, -0.25) is 0 Å². The molecule has 2 heteroatoms. The van der Waals surface area contributed by atoms with E-state index in [1.165, 1.54) is 37.9 Å². The highest BCUT2D eigenvalue weighted by Gasteiger charge is 2.29. The van der Waals surface area contributed by atoms with Crippen LogP contribution in [0.5, 0.6) is 0 Å². The molecule has 0 unspecified atom stereocenters. The predicted molar refractivity (Wildman–Crippen MR) is 87.1 cm³/mol. The molecule has 1 saturated heterocycles. The van der Waals surface area contributed by atoms with Gasteiger partial charge < -0.3 is 9.80 Å². The zero-order valence-electron chi connectivity index (χ0n) is 13.5. The van der Waals surface area contributed by atoms with Gasteiger partial charge in [0.1, 0.15) is 0 Å². The van der Waals surface area contributed by atoms with Crippen molar-refractivity contribution in [3.8, 4) is 0 Å². The van der Waals surface area contributed by atoms with E-state index in [0.29, 0.717) is 6.04 Å². The van der Waals surface area contributed by atoms with E-state index in [9.17, 15) is 0 Å². The second kappa shape index (κ2) is 7.24. The van der Waals surface area contributed by atoms with Crippen molar-refractivity contribution in [3.05, 3.63) is 35.9 Å². The molecule has 0 N–H and O–H groups in total. The summed E-state index contributed by atoms with van der Waals surface area (Å²) in [6, 6.07) is 12.3. The Hall–Kier alpha value is -0.860. The number of hydrogen-bond acceptors (Lipinski definition) is 2. The molecule has 20 heavy (non-hydrogen) atoms. The Morgan fingerprint density at radius 3 is 2.25 bits per heavy atom. The first kappa shape index (κ1) is 15.5. The Morgan fingerprint density at radius 2 is 1.60 bits per heavy atom. The molecule has 1 heterocycles. The van der Waals surface area contributed by atoms with Gasteiger partial charge in [0.25, 0.3) is 0 Å². The first-order chi connectivity index (χ1) is 9.56. The lowest BCUT2D eigenvalue weighted by Crippen LogP contribution is -2.55. The number of piperazine rings is 1. The normalized spacial score (nSPS) is 25.2. The maximum Gasteiger partial charge on any atom is 0.0223 e. The summed E-state index contributed by atoms with van der Waals surface area (Å²) in [5.74, 6) is 0.789. The molecule has 0 amide bonds. The Bertz CT molecular complexity index is 388. The Labute approximate surface area is 124 Å². The van der Waals surface area contributed by atoms with Crippen molar-refractivity contribution < 1.29 is 0 Å². The quantitative estimate of drug-likeness (QED) is 0.813. The lowest BCUT2D eigenvalue weighted by Gasteiger charge is -2.44. The SMILES string of the molecule is CC(C)C[C@@H]1CN(C)[C@H](CCc2ccccc2)CN1C. The van der Waals surface area contributed by atoms with E-state index < -0.39 is 0 Å². The molecule has 0 aliphatic carbocycles. The smallest absolute Gasteiger partial charge is 0.0223 e. The van der Waals surface area contributed by atoms with E-state index in [2.05, 4.69) is 68.1 Å². The van der Waals surface area contributed by atoms with Crippen molar-refractivity contribution in [2.24, 2.45) is 5.92 Å². The van der Waals surface area contributed by atoms with Gasteiger partial charge in [-0.25, -0.2) is 0 Å². The van der Waals surface area contributed by atoms with Crippen LogP contribution < -0.4 is 0 Å². The number of hydrogen-bond donors (Lipinski definition) is 0. The molecule has 1 aliphatic heterocycles. The summed E-state index contributed by atoms with van der Waals surface area (Å²) in [6.45, 7) is 7.08. The molecule has 112 valence electrons. The van der Waals surface area contributed by atoms with Crippen LogP contribution in [0.2, 0.25) is 0 Å². The summed E-state index contributed by atoms with van der Waals surface area (Å²) in [7, 11) is 4.60. The van der Waals surface area contributed by atoms with Crippen molar-refractivity contribution in [1.29, 1.82) is 0 Å². The van der Waals surface area contributed by atoms with Crippen molar-refractivity contribution in [3.63, 3.8) is 0 Å². The summed E-state index contributed by atoms with van der Waals surface area (Å²) in [5.41, 5.74) is 1.47. The van der Waals surface area contributed by atoms with E-state index in [4.69, 9.17) is 0 Å². The first-order valence-electron chi connectivity index (χ1n) is 8.00. The number of nitrogens with zero attached hydrogens (tertiary/aromatic N) is 2. The van der Waals surface area contributed by atoms with Crippen molar-refractivity contribution in [2.45, 2.75) is 45.2 Å². The third kappa shape index (κ3) is 4.32. The molecule has 1 aliphatic rings. The zero-order valence-corrected chi connectivity index (χ0v) is 13.5. The second-order valence-electron chi connectivity index (χ2n) is 6.84. The van der Waals surface area contributed by atoms with Gasteiger partial charge in [-0.1, -0.05) is 44.2 Å². The van der Waals surface area contributed by atoms with Gasteiger partial charge in [0, 0.05) is 25.2 Å². The maximum absolute atomic E-state index is 2.58. The molecule has 0 spiro atoms. The van der Waals surface area contributed by atoms with Crippen LogP contribution in [-0.4, -0.2) is 49.1 Å². The lowest BCUT2D eigenvalue weighted by atomic mass is 9.96. The molecule has 0 aromatic heterocycles. The topological polar surface area (TPSA) is 6.48 Å². The van der Waals surface area contributed by atoms with E-state index in [1.54, 1.807) is 0 Å². The zero-order chi connectivity index (χ0) is 14.5. The molecule has 2 atom stereocenters. The fourth-order valence-corrected chi connectivity index (χ4v) is 3.33. The highest BCUT2D eigenvalue weighted by Crippen LogP contribution is 2.20. The average Bonchev–Trinajstić information content (AvgIpc) is 2.41. The van der Waals surface area contributed by atoms with Crippen LogP contribution in [0.4, 0.5) is 0 Å². The van der Waals surface area contributed by atoms with E-state index >= 15 is 0 Å². The molecule has 1 aromatic rings. The fraction of sp³-hybridized carbons (Fsp3) is 0.667. The summed E-state index contributed by atoms with van der Waals surface area (Å²) in [5, 5.41) is 0. The van der Waals surface area contributed by atoms with Crippen LogP contribution in [0, 0.1) is 5.92 Å². The molecule has 2 nitrogen and oxygen atoms in total. The van der Waals surface area contributed by atoms with Crippen LogP contribution in [0.25, 0.3) is 0 Å². The standard InChI is InChI=1S/C18H30N2/c1-15(2)12-18-14-19(3)17(13-20(18)4)11-10-16-8-6-5-7-9-16/h5-9,15,17-18H,10-14H2,1-4H3/t17-,18-/m1/s1. The molecular weight excluding hydrogens is 244 g/mol. The molecule has 1 fully saturated rings. The van der Waals surface area contributed by atoms with Gasteiger partial charge >= 0.3 is 0 Å². The van der Waals surface area contributed by atoms with Gasteiger partial charge in [0.15, 0.2) is 0 Å². The highest BCUT2D eigenvalue weighted by molar-refractivity contribution is 5.14. The minimum Gasteiger partial charge on any atom is -0.301 e. The lowest BCUT2D eigenvalue weighted by molar-refractivity contribution is 0.0497. The van der Waals surface area contributed by atoms with Gasteiger partial charge in [0.2, 0.25) is 0 Å². The van der Waals surface area contributed by atoms with E-state index in [-0.39, 0.29) is 0 Å². The second-order valence-corrected chi connectivity index (χ2v) is 6.84. The van der Waals surface area contributed by atoms with Crippen LogP contribution in [0.3, 0.4) is 0 Å². The number of rotatable bonds is 5. The van der Waals surface area contributed by atoms with Crippen LogP contribution in [0.15, 0.2) is 30.3 Å². The van der Waals surface area contributed by atoms with Crippen LogP contribution in [-0.2, 0) is 6.42 Å². The van der Waals surface area contributed by atoms with Crippen LogP contribution in [0.1, 0.15) is 32.3 Å². The molecule has 1 aromatic carbocycles. The first-order valence-corrected chi connectivity index (χ1v) is 8.00. The molecule has 2 rings (SSSR count). The third-order valence-electron chi connectivity index (χ3n) is 4.60. The minimum atomic E-state index is 0.698. The molecular formula is C18H30N2. The van der Waals surface area contributed by atoms with Gasteiger partial charge in [-0.15, -0.1) is 0 Å². The van der Waals surface area contributed by atoms with Crippen LogP contribution >= 0.6 is 0 Å². The Balaban J connectivity index is 1.85. The van der Waals surface area contributed by atoms with Gasteiger partial charge in [-0.05, 0) is 44.8 Å². The fourth-order valence-electron chi connectivity index (χ4n) is 3.33. The molecule has 0 saturated carbocycles. The van der Waals surface area contributed by atoms with Gasteiger partial charge in [0.05, 0.1) is 0 Å². The maximum atomic E-state index is 2.58. The summed E-state index contributed by atoms with van der Waals surface area (Å²) < 4.78 is 0. The van der Waals surface area contributed by atoms with Crippen molar-refractivity contribution in [2.75, 3.05) is 27.2 Å². The largest absolute Gasteiger partial charge is 0.301 e. The highest BCUT2D eigenvalue weighted by atomic mass is 15.3. The molecule has 0 radical (unpaired) electrons. The monoisotopic (exact) mass is 274 g/mol. The minimum absolute atomic E-state index is 0.698. The van der Waals surface area contributed by atoms with E-state index in [0.717, 1.165) is 12.0 Å². The van der Waals surface area contributed by atoms with Crippen molar-refractivity contribution in [1.82, 2.24) is 9.80 Å². The summed E-state index contributed by atoms with van der Waals surface area (Å²) >= 11 is 0. The third-order valence-corrected chi connectivity index (χ3v) is 4.60. The predicted octanol–water partition coefficient (Wildman–Crippen LogP) is 3.28. The number of benzene rings is 1. The summed E-state index contributed by atoms with van der Waals surface area (Å²) in [4.78, 5) is 5.16. The Morgan fingerprint density at radius 1 is 1.00 bits per heavy atom. The Kier molecular flexibility index (Phi) is 5.62. The molecule has 0 bridgehead atoms. The van der Waals surface area contributed by atoms with Gasteiger partial charge in [-0.2, -0.15) is 0 Å². The summed E-state index contributed by atoms with van der Waals surface area (Å²) in [6.07, 6.45) is 3.77.